The molecule has 1 saturated heterocycles. The van der Waals surface area contributed by atoms with Crippen LogP contribution in [0.5, 0.6) is 0 Å². The second-order valence-corrected chi connectivity index (χ2v) is 4.54. The van der Waals surface area contributed by atoms with Crippen LogP contribution in [0.15, 0.2) is 24.5 Å². The van der Waals surface area contributed by atoms with E-state index in [-0.39, 0.29) is 5.91 Å². The van der Waals surface area contributed by atoms with Crippen molar-refractivity contribution in [3.05, 3.63) is 30.1 Å². The summed E-state index contributed by atoms with van der Waals surface area (Å²) >= 11 is 0. The van der Waals surface area contributed by atoms with Crippen LogP contribution < -0.4 is 10.6 Å². The number of hydrogen-bond acceptors (Lipinski definition) is 3. The molecule has 1 fully saturated rings. The number of carbonyl (C=O) groups is 1. The molecule has 1 aliphatic heterocycles. The van der Waals surface area contributed by atoms with Gasteiger partial charge in [0.2, 0.25) is 5.91 Å². The molecule has 2 heterocycles. The highest BCUT2D eigenvalue weighted by Gasteiger charge is 2.13. The fourth-order valence-corrected chi connectivity index (χ4v) is 2.09. The number of amides is 1. The molecule has 1 aromatic heterocycles. The first-order chi connectivity index (χ1) is 8.34. The van der Waals surface area contributed by atoms with Crippen LogP contribution in [0.1, 0.15) is 18.4 Å². The van der Waals surface area contributed by atoms with Crippen molar-refractivity contribution in [1.29, 1.82) is 0 Å². The molecule has 1 amide bonds. The highest BCUT2D eigenvalue weighted by molar-refractivity contribution is 5.78. The van der Waals surface area contributed by atoms with Gasteiger partial charge in [0.1, 0.15) is 0 Å². The van der Waals surface area contributed by atoms with Gasteiger partial charge in [0.25, 0.3) is 0 Å². The monoisotopic (exact) mass is 233 g/mol. The Morgan fingerprint density at radius 1 is 1.47 bits per heavy atom. The van der Waals surface area contributed by atoms with E-state index in [9.17, 15) is 4.79 Å². The zero-order valence-electron chi connectivity index (χ0n) is 9.98. The Hall–Kier alpha value is -1.42. The van der Waals surface area contributed by atoms with E-state index < -0.39 is 0 Å². The number of carbonyl (C=O) groups excluding carboxylic acids is 1. The number of nitrogens with one attached hydrogen (secondary N) is 2. The summed E-state index contributed by atoms with van der Waals surface area (Å²) in [5, 5.41) is 6.33. The molecule has 0 saturated carbocycles. The topological polar surface area (TPSA) is 54.0 Å². The summed E-state index contributed by atoms with van der Waals surface area (Å²) in [6.07, 6.45) is 6.21. The first-order valence-corrected chi connectivity index (χ1v) is 6.21. The summed E-state index contributed by atoms with van der Waals surface area (Å²) in [5.74, 6) is 0.727. The molecule has 0 aliphatic carbocycles. The highest BCUT2D eigenvalue weighted by atomic mass is 16.1. The lowest BCUT2D eigenvalue weighted by Crippen LogP contribution is -2.36. The van der Waals surface area contributed by atoms with E-state index in [0.29, 0.717) is 12.3 Å². The number of rotatable bonds is 4. The van der Waals surface area contributed by atoms with Gasteiger partial charge in [0, 0.05) is 18.9 Å². The van der Waals surface area contributed by atoms with E-state index in [2.05, 4.69) is 15.6 Å². The van der Waals surface area contributed by atoms with Crippen molar-refractivity contribution in [1.82, 2.24) is 15.6 Å². The standard InChI is InChI=1S/C13H19N3O/c17-13(8-12-2-1-5-15-9-12)16-10-11-3-6-14-7-4-11/h1-2,5,9,11,14H,3-4,6-8,10H2,(H,16,17). The Balaban J connectivity index is 1.70. The summed E-state index contributed by atoms with van der Waals surface area (Å²) in [5.41, 5.74) is 0.968. The molecule has 1 aliphatic rings. The summed E-state index contributed by atoms with van der Waals surface area (Å²) in [6, 6.07) is 3.78. The van der Waals surface area contributed by atoms with E-state index in [1.807, 2.05) is 12.1 Å². The predicted molar refractivity (Wildman–Crippen MR) is 66.5 cm³/mol. The van der Waals surface area contributed by atoms with E-state index in [1.165, 1.54) is 0 Å². The summed E-state index contributed by atoms with van der Waals surface area (Å²) in [7, 11) is 0. The van der Waals surface area contributed by atoms with Gasteiger partial charge in [-0.1, -0.05) is 6.07 Å². The number of nitrogens with zero attached hydrogens (tertiary/aromatic N) is 1. The van der Waals surface area contributed by atoms with Crippen molar-refractivity contribution in [3.8, 4) is 0 Å². The first kappa shape index (κ1) is 12.0. The number of aromatic nitrogens is 1. The molecular formula is C13H19N3O. The van der Waals surface area contributed by atoms with Crippen LogP contribution in [0.2, 0.25) is 0 Å². The van der Waals surface area contributed by atoms with E-state index in [4.69, 9.17) is 0 Å². The van der Waals surface area contributed by atoms with Crippen LogP contribution in [0.3, 0.4) is 0 Å². The third-order valence-electron chi connectivity index (χ3n) is 3.13. The lowest BCUT2D eigenvalue weighted by atomic mass is 9.98. The van der Waals surface area contributed by atoms with Crippen molar-refractivity contribution in [3.63, 3.8) is 0 Å². The lowest BCUT2D eigenvalue weighted by Gasteiger charge is -2.22. The molecule has 0 atom stereocenters. The second-order valence-electron chi connectivity index (χ2n) is 4.54. The molecule has 2 rings (SSSR count). The Morgan fingerprint density at radius 2 is 2.29 bits per heavy atom. The fraction of sp³-hybridized carbons (Fsp3) is 0.538. The van der Waals surface area contributed by atoms with Crippen LogP contribution in [-0.4, -0.2) is 30.5 Å². The number of piperidine rings is 1. The maximum Gasteiger partial charge on any atom is 0.224 e. The quantitative estimate of drug-likeness (QED) is 0.806. The molecule has 17 heavy (non-hydrogen) atoms. The molecule has 92 valence electrons. The smallest absolute Gasteiger partial charge is 0.224 e. The maximum atomic E-state index is 11.7. The van der Waals surface area contributed by atoms with Gasteiger partial charge >= 0.3 is 0 Å². The second kappa shape index (κ2) is 6.35. The zero-order chi connectivity index (χ0) is 11.9. The van der Waals surface area contributed by atoms with Gasteiger partial charge in [-0.25, -0.2) is 0 Å². The third-order valence-corrected chi connectivity index (χ3v) is 3.13. The fourth-order valence-electron chi connectivity index (χ4n) is 2.09. The van der Waals surface area contributed by atoms with Crippen molar-refractivity contribution in [2.75, 3.05) is 19.6 Å². The number of pyridine rings is 1. The lowest BCUT2D eigenvalue weighted by molar-refractivity contribution is -0.120. The van der Waals surface area contributed by atoms with Crippen LogP contribution in [0.25, 0.3) is 0 Å². The van der Waals surface area contributed by atoms with Gasteiger partial charge in [-0.2, -0.15) is 0 Å². The predicted octanol–water partition coefficient (Wildman–Crippen LogP) is 0.740. The van der Waals surface area contributed by atoms with Gasteiger partial charge in [-0.05, 0) is 43.5 Å². The van der Waals surface area contributed by atoms with Gasteiger partial charge in [-0.3, -0.25) is 9.78 Å². The third kappa shape index (κ3) is 4.15. The van der Waals surface area contributed by atoms with Crippen LogP contribution in [0.4, 0.5) is 0 Å². The van der Waals surface area contributed by atoms with E-state index in [0.717, 1.165) is 38.0 Å². The molecule has 0 spiro atoms. The summed E-state index contributed by atoms with van der Waals surface area (Å²) in [6.45, 7) is 2.95. The molecule has 4 heteroatoms. The Bertz CT molecular complexity index is 347. The van der Waals surface area contributed by atoms with Crippen LogP contribution in [0, 0.1) is 5.92 Å². The SMILES string of the molecule is O=C(Cc1cccnc1)NCC1CCNCC1. The highest BCUT2D eigenvalue weighted by Crippen LogP contribution is 2.09. The van der Waals surface area contributed by atoms with Crippen molar-refractivity contribution < 1.29 is 4.79 Å². The Kier molecular flexibility index (Phi) is 4.50. The van der Waals surface area contributed by atoms with Crippen molar-refractivity contribution in [2.45, 2.75) is 19.3 Å². The molecule has 0 unspecified atom stereocenters. The van der Waals surface area contributed by atoms with E-state index in [1.54, 1.807) is 12.4 Å². The average molecular weight is 233 g/mol. The first-order valence-electron chi connectivity index (χ1n) is 6.21. The minimum atomic E-state index is 0.0940. The van der Waals surface area contributed by atoms with Crippen molar-refractivity contribution >= 4 is 5.91 Å². The molecule has 1 aromatic rings. The van der Waals surface area contributed by atoms with Gasteiger partial charge in [0.15, 0.2) is 0 Å². The summed E-state index contributed by atoms with van der Waals surface area (Å²) in [4.78, 5) is 15.7. The van der Waals surface area contributed by atoms with Gasteiger partial charge in [-0.15, -0.1) is 0 Å². The van der Waals surface area contributed by atoms with Crippen LogP contribution >= 0.6 is 0 Å². The van der Waals surface area contributed by atoms with Gasteiger partial charge < -0.3 is 10.6 Å². The Labute approximate surface area is 102 Å². The average Bonchev–Trinajstić information content (AvgIpc) is 2.39. The molecule has 0 bridgehead atoms. The summed E-state index contributed by atoms with van der Waals surface area (Å²) < 4.78 is 0. The van der Waals surface area contributed by atoms with Gasteiger partial charge in [0.05, 0.1) is 6.42 Å². The van der Waals surface area contributed by atoms with Crippen LogP contribution in [-0.2, 0) is 11.2 Å². The normalized spacial score (nSPS) is 16.7. The largest absolute Gasteiger partial charge is 0.356 e. The molecule has 4 nitrogen and oxygen atoms in total. The number of hydrogen-bond donors (Lipinski definition) is 2. The minimum absolute atomic E-state index is 0.0940. The minimum Gasteiger partial charge on any atom is -0.356 e. The maximum absolute atomic E-state index is 11.7. The zero-order valence-corrected chi connectivity index (χ0v) is 9.98. The van der Waals surface area contributed by atoms with Crippen molar-refractivity contribution in [2.24, 2.45) is 5.92 Å². The molecule has 2 N–H and O–H groups in total. The molecular weight excluding hydrogens is 214 g/mol. The molecule has 0 radical (unpaired) electrons. The van der Waals surface area contributed by atoms with E-state index >= 15 is 0 Å². The molecule has 0 aromatic carbocycles. The Morgan fingerprint density at radius 3 is 3.00 bits per heavy atom.